The number of rotatable bonds is 8. The number of nitrogens with zero attached hydrogens (tertiary/aromatic N) is 1. The Bertz CT molecular complexity index is 1060. The summed E-state index contributed by atoms with van der Waals surface area (Å²) in [6.07, 6.45) is 6.38. The summed E-state index contributed by atoms with van der Waals surface area (Å²) in [4.78, 5) is 12.7. The Morgan fingerprint density at radius 2 is 1.90 bits per heavy atom. The maximum atomic E-state index is 13.5. The lowest BCUT2D eigenvalue weighted by atomic mass is 9.83. The lowest BCUT2D eigenvalue weighted by Gasteiger charge is -2.30. The fourth-order valence-electron chi connectivity index (χ4n) is 4.25. The summed E-state index contributed by atoms with van der Waals surface area (Å²) in [6.45, 7) is 3.97. The van der Waals surface area contributed by atoms with Crippen molar-refractivity contribution in [2.75, 3.05) is 19.4 Å². The van der Waals surface area contributed by atoms with E-state index in [1.807, 2.05) is 19.1 Å². The maximum absolute atomic E-state index is 13.5. The number of nitrogens with one attached hydrogen (secondary N) is 1. The topological polar surface area (TPSA) is 77.4 Å². The van der Waals surface area contributed by atoms with Crippen molar-refractivity contribution in [2.24, 2.45) is 0 Å². The molecule has 0 bridgehead atoms. The highest BCUT2D eigenvalue weighted by Crippen LogP contribution is 2.34. The number of aromatic nitrogens is 1. The van der Waals surface area contributed by atoms with Gasteiger partial charge in [0.1, 0.15) is 5.82 Å². The summed E-state index contributed by atoms with van der Waals surface area (Å²) in [5, 5.41) is 0. The van der Waals surface area contributed by atoms with E-state index in [1.165, 1.54) is 6.07 Å². The number of ether oxygens (including phenoxy) is 1. The first-order valence-electron chi connectivity index (χ1n) is 10.6. The molecule has 2 aromatic rings. The number of benzene rings is 1. The van der Waals surface area contributed by atoms with Crippen LogP contribution >= 0.6 is 0 Å². The zero-order chi connectivity index (χ0) is 22.6. The fraction of sp³-hybridized carbons (Fsp3) is 0.522. The molecule has 1 aliphatic carbocycles. The summed E-state index contributed by atoms with van der Waals surface area (Å²) in [7, 11) is -3.40. The van der Waals surface area contributed by atoms with E-state index in [4.69, 9.17) is 4.74 Å². The van der Waals surface area contributed by atoms with E-state index in [-0.39, 0.29) is 30.6 Å². The van der Waals surface area contributed by atoms with Gasteiger partial charge in [-0.15, -0.1) is 0 Å². The fourth-order valence-corrected chi connectivity index (χ4v) is 4.74. The Labute approximate surface area is 183 Å². The van der Waals surface area contributed by atoms with Crippen LogP contribution in [0.4, 0.5) is 4.39 Å². The van der Waals surface area contributed by atoms with Crippen LogP contribution in [0.25, 0.3) is 0 Å². The van der Waals surface area contributed by atoms with Crippen molar-refractivity contribution in [1.29, 1.82) is 0 Å². The van der Waals surface area contributed by atoms with E-state index < -0.39 is 16.1 Å². The molecule has 31 heavy (non-hydrogen) atoms. The Hall–Kier alpha value is -2.03. The molecule has 8 heteroatoms. The van der Waals surface area contributed by atoms with Gasteiger partial charge in [-0.1, -0.05) is 12.1 Å². The van der Waals surface area contributed by atoms with Crippen molar-refractivity contribution in [2.45, 2.75) is 57.6 Å². The average molecular weight is 451 g/mol. The average Bonchev–Trinajstić information content (AvgIpc) is 2.71. The standard InChI is InChI=1S/C23H31FN2O4S/c1-16-11-17(2)23(27)26(14-16)21(13-25-31(3,28)29)15-30-22-9-7-18(8-10-22)19-5-4-6-20(24)12-19/h4-6,11-12,14,18,21-22,25H,7-10,13,15H2,1-3H3/t18?,21-,22?/m1/s1. The third kappa shape index (κ3) is 6.72. The second kappa shape index (κ2) is 10.1. The van der Waals surface area contributed by atoms with Gasteiger partial charge in [0.05, 0.1) is 25.0 Å². The van der Waals surface area contributed by atoms with Crippen LogP contribution in [0.2, 0.25) is 0 Å². The molecule has 1 aromatic heterocycles. The van der Waals surface area contributed by atoms with Gasteiger partial charge in [-0.05, 0) is 74.8 Å². The lowest BCUT2D eigenvalue weighted by molar-refractivity contribution is 0.00731. The minimum Gasteiger partial charge on any atom is -0.376 e. The molecular weight excluding hydrogens is 419 g/mol. The van der Waals surface area contributed by atoms with Crippen LogP contribution < -0.4 is 10.3 Å². The first-order chi connectivity index (χ1) is 14.6. The molecule has 1 aliphatic rings. The molecule has 0 saturated heterocycles. The highest BCUT2D eigenvalue weighted by Gasteiger charge is 2.25. The highest BCUT2D eigenvalue weighted by atomic mass is 32.2. The van der Waals surface area contributed by atoms with Gasteiger partial charge >= 0.3 is 0 Å². The molecule has 1 fully saturated rings. The third-order valence-corrected chi connectivity index (χ3v) is 6.54. The maximum Gasteiger partial charge on any atom is 0.253 e. The number of aryl methyl sites for hydroxylation is 2. The number of halogens is 1. The van der Waals surface area contributed by atoms with Crippen molar-refractivity contribution < 1.29 is 17.5 Å². The lowest BCUT2D eigenvalue weighted by Crippen LogP contribution is -2.38. The Morgan fingerprint density at radius 3 is 2.55 bits per heavy atom. The van der Waals surface area contributed by atoms with Gasteiger partial charge in [-0.3, -0.25) is 4.79 Å². The Morgan fingerprint density at radius 1 is 1.19 bits per heavy atom. The zero-order valence-corrected chi connectivity index (χ0v) is 19.1. The van der Waals surface area contributed by atoms with Crippen molar-refractivity contribution in [3.63, 3.8) is 0 Å². The smallest absolute Gasteiger partial charge is 0.253 e. The predicted octanol–water partition coefficient (Wildman–Crippen LogP) is 3.44. The van der Waals surface area contributed by atoms with Gasteiger partial charge in [0.25, 0.3) is 5.56 Å². The molecule has 0 amide bonds. The number of pyridine rings is 1. The molecule has 1 saturated carbocycles. The van der Waals surface area contributed by atoms with Crippen LogP contribution in [0.5, 0.6) is 0 Å². The summed E-state index contributed by atoms with van der Waals surface area (Å²) >= 11 is 0. The molecule has 0 spiro atoms. The highest BCUT2D eigenvalue weighted by molar-refractivity contribution is 7.88. The number of hydrogen-bond acceptors (Lipinski definition) is 4. The van der Waals surface area contributed by atoms with Gasteiger partial charge in [-0.2, -0.15) is 0 Å². The molecule has 170 valence electrons. The Balaban J connectivity index is 1.65. The molecule has 0 unspecified atom stereocenters. The van der Waals surface area contributed by atoms with Crippen LogP contribution in [-0.2, 0) is 14.8 Å². The minimum atomic E-state index is -3.40. The normalized spacial score (nSPS) is 20.5. The summed E-state index contributed by atoms with van der Waals surface area (Å²) in [5.41, 5.74) is 2.41. The summed E-state index contributed by atoms with van der Waals surface area (Å²) in [5.74, 6) is 0.108. The molecular formula is C23H31FN2O4S. The minimum absolute atomic E-state index is 0.0344. The SMILES string of the molecule is Cc1cc(C)c(=O)n([C@H](CNS(C)(=O)=O)COC2CCC(c3cccc(F)c3)CC2)c1. The zero-order valence-electron chi connectivity index (χ0n) is 18.3. The van der Waals surface area contributed by atoms with Crippen molar-refractivity contribution >= 4 is 10.0 Å². The van der Waals surface area contributed by atoms with E-state index in [1.54, 1.807) is 29.8 Å². The van der Waals surface area contributed by atoms with Gasteiger partial charge < -0.3 is 9.30 Å². The second-order valence-corrected chi connectivity index (χ2v) is 10.4. The third-order valence-electron chi connectivity index (χ3n) is 5.85. The first-order valence-corrected chi connectivity index (χ1v) is 12.5. The molecule has 3 rings (SSSR count). The molecule has 1 N–H and O–H groups in total. The first kappa shape index (κ1) is 23.6. The van der Waals surface area contributed by atoms with E-state index in [0.717, 1.165) is 43.1 Å². The van der Waals surface area contributed by atoms with Crippen molar-refractivity contribution in [3.8, 4) is 0 Å². The molecule has 6 nitrogen and oxygen atoms in total. The molecule has 1 heterocycles. The van der Waals surface area contributed by atoms with Crippen LogP contribution in [0.15, 0.2) is 41.3 Å². The van der Waals surface area contributed by atoms with Gasteiger partial charge in [0.2, 0.25) is 10.0 Å². The molecule has 0 aliphatic heterocycles. The summed E-state index contributed by atoms with van der Waals surface area (Å²) in [6, 6.07) is 8.14. The predicted molar refractivity (Wildman–Crippen MR) is 119 cm³/mol. The van der Waals surface area contributed by atoms with Crippen molar-refractivity contribution in [3.05, 3.63) is 69.4 Å². The monoisotopic (exact) mass is 450 g/mol. The van der Waals surface area contributed by atoms with Gasteiger partial charge in [0.15, 0.2) is 0 Å². The van der Waals surface area contributed by atoms with E-state index in [0.29, 0.717) is 11.5 Å². The van der Waals surface area contributed by atoms with Crippen LogP contribution in [0.3, 0.4) is 0 Å². The van der Waals surface area contributed by atoms with E-state index in [2.05, 4.69) is 4.72 Å². The largest absolute Gasteiger partial charge is 0.376 e. The number of sulfonamides is 1. The Kier molecular flexibility index (Phi) is 7.67. The second-order valence-electron chi connectivity index (χ2n) is 8.55. The van der Waals surface area contributed by atoms with E-state index in [9.17, 15) is 17.6 Å². The van der Waals surface area contributed by atoms with Gasteiger partial charge in [-0.25, -0.2) is 17.5 Å². The molecule has 1 atom stereocenters. The van der Waals surface area contributed by atoms with E-state index >= 15 is 0 Å². The van der Waals surface area contributed by atoms with Crippen LogP contribution in [0.1, 0.15) is 54.3 Å². The van der Waals surface area contributed by atoms with Crippen LogP contribution in [-0.4, -0.2) is 38.5 Å². The summed E-state index contributed by atoms with van der Waals surface area (Å²) < 4.78 is 47.0. The molecule has 0 radical (unpaired) electrons. The molecule has 1 aromatic carbocycles. The van der Waals surface area contributed by atoms with Gasteiger partial charge in [0, 0.05) is 18.3 Å². The number of hydrogen-bond donors (Lipinski definition) is 1. The quantitative estimate of drug-likeness (QED) is 0.668. The van der Waals surface area contributed by atoms with Crippen LogP contribution in [0, 0.1) is 19.7 Å². The van der Waals surface area contributed by atoms with Crippen molar-refractivity contribution in [1.82, 2.24) is 9.29 Å².